The molecule has 0 rings (SSSR count). The van der Waals surface area contributed by atoms with Crippen molar-refractivity contribution >= 4 is 23.2 Å². The van der Waals surface area contributed by atoms with Crippen molar-refractivity contribution in [2.45, 2.75) is 25.7 Å². The van der Waals surface area contributed by atoms with Crippen LogP contribution < -0.4 is 0 Å². The van der Waals surface area contributed by atoms with Crippen LogP contribution in [0.4, 0.5) is 0 Å². The molecule has 0 atom stereocenters. The standard InChI is InChI=1S/C8H12Cl2/c9-7-5-3-1-2-4-6-8-10/h3-8H2. The van der Waals surface area contributed by atoms with Crippen molar-refractivity contribution in [1.82, 2.24) is 0 Å². The Hall–Kier alpha value is 0.140. The second-order valence-electron chi connectivity index (χ2n) is 1.94. The van der Waals surface area contributed by atoms with Crippen molar-refractivity contribution in [3.8, 4) is 11.8 Å². The number of hydrogen-bond donors (Lipinski definition) is 0. The fraction of sp³-hybridized carbons (Fsp3) is 0.750. The Bertz CT molecular complexity index is 98.2. The maximum atomic E-state index is 5.45. The average molecular weight is 179 g/mol. The fourth-order valence-corrected chi connectivity index (χ4v) is 0.754. The summed E-state index contributed by atoms with van der Waals surface area (Å²) in [6.45, 7) is 0. The molecule has 0 nitrogen and oxygen atoms in total. The van der Waals surface area contributed by atoms with Crippen LogP contribution in [0.2, 0.25) is 0 Å². The molecule has 0 aromatic heterocycles. The molecule has 0 aliphatic carbocycles. The molecule has 0 aliphatic heterocycles. The summed E-state index contributed by atoms with van der Waals surface area (Å²) in [7, 11) is 0. The zero-order chi connectivity index (χ0) is 7.66. The summed E-state index contributed by atoms with van der Waals surface area (Å²) in [6.07, 6.45) is 3.84. The SMILES string of the molecule is ClCCCC#CCCCCl. The van der Waals surface area contributed by atoms with Crippen LogP contribution in [0.25, 0.3) is 0 Å². The minimum atomic E-state index is 0.712. The van der Waals surface area contributed by atoms with E-state index in [2.05, 4.69) is 11.8 Å². The van der Waals surface area contributed by atoms with Crippen LogP contribution in [0.3, 0.4) is 0 Å². The Kier molecular flexibility index (Phi) is 9.27. The summed E-state index contributed by atoms with van der Waals surface area (Å²) >= 11 is 10.9. The van der Waals surface area contributed by atoms with Crippen molar-refractivity contribution in [3.63, 3.8) is 0 Å². The van der Waals surface area contributed by atoms with Crippen LogP contribution in [0.5, 0.6) is 0 Å². The highest BCUT2D eigenvalue weighted by molar-refractivity contribution is 6.18. The molecule has 0 saturated heterocycles. The number of unbranched alkanes of at least 4 members (excludes halogenated alkanes) is 2. The molecular weight excluding hydrogens is 167 g/mol. The van der Waals surface area contributed by atoms with Gasteiger partial charge < -0.3 is 0 Å². The van der Waals surface area contributed by atoms with Gasteiger partial charge in [-0.25, -0.2) is 0 Å². The molecule has 2 heteroatoms. The normalized spacial score (nSPS) is 8.60. The topological polar surface area (TPSA) is 0 Å². The van der Waals surface area contributed by atoms with Gasteiger partial charge >= 0.3 is 0 Å². The summed E-state index contributed by atoms with van der Waals surface area (Å²) in [5.74, 6) is 7.48. The predicted octanol–water partition coefficient (Wildman–Crippen LogP) is 3.03. The lowest BCUT2D eigenvalue weighted by atomic mass is 10.3. The van der Waals surface area contributed by atoms with E-state index in [1.807, 2.05) is 0 Å². The van der Waals surface area contributed by atoms with Crippen LogP contribution in [0.15, 0.2) is 0 Å². The van der Waals surface area contributed by atoms with Gasteiger partial charge in [-0.3, -0.25) is 0 Å². The number of halogens is 2. The van der Waals surface area contributed by atoms with Gasteiger partial charge in [-0.1, -0.05) is 0 Å². The van der Waals surface area contributed by atoms with Gasteiger partial charge in [-0.05, 0) is 12.8 Å². The monoisotopic (exact) mass is 178 g/mol. The van der Waals surface area contributed by atoms with Crippen LogP contribution in [-0.4, -0.2) is 11.8 Å². The highest BCUT2D eigenvalue weighted by Gasteiger charge is 1.79. The smallest absolute Gasteiger partial charge is 0.0232 e. The van der Waals surface area contributed by atoms with Crippen molar-refractivity contribution in [1.29, 1.82) is 0 Å². The lowest BCUT2D eigenvalue weighted by Crippen LogP contribution is -1.73. The van der Waals surface area contributed by atoms with E-state index in [-0.39, 0.29) is 0 Å². The molecule has 0 heterocycles. The summed E-state index contributed by atoms with van der Waals surface area (Å²) in [5, 5.41) is 0. The predicted molar refractivity (Wildman–Crippen MR) is 47.7 cm³/mol. The van der Waals surface area contributed by atoms with Crippen molar-refractivity contribution in [2.75, 3.05) is 11.8 Å². The largest absolute Gasteiger partial charge is 0.127 e. The molecule has 0 bridgehead atoms. The third-order valence-corrected chi connectivity index (χ3v) is 1.53. The minimum Gasteiger partial charge on any atom is -0.127 e. The summed E-state index contributed by atoms with van der Waals surface area (Å²) < 4.78 is 0. The molecule has 0 amide bonds. The molecule has 0 radical (unpaired) electrons. The Morgan fingerprint density at radius 1 is 0.800 bits per heavy atom. The Morgan fingerprint density at radius 3 is 1.50 bits per heavy atom. The molecule has 10 heavy (non-hydrogen) atoms. The van der Waals surface area contributed by atoms with Gasteiger partial charge in [-0.15, -0.1) is 35.0 Å². The van der Waals surface area contributed by atoms with Gasteiger partial charge in [0, 0.05) is 24.6 Å². The maximum Gasteiger partial charge on any atom is 0.0232 e. The first-order valence-corrected chi connectivity index (χ1v) is 4.56. The average Bonchev–Trinajstić information content (AvgIpc) is 1.97. The number of rotatable bonds is 4. The Balaban J connectivity index is 2.98. The minimum absolute atomic E-state index is 0.712. The molecule has 0 N–H and O–H groups in total. The molecule has 0 spiro atoms. The van der Waals surface area contributed by atoms with E-state index in [4.69, 9.17) is 23.2 Å². The van der Waals surface area contributed by atoms with E-state index in [9.17, 15) is 0 Å². The van der Waals surface area contributed by atoms with Gasteiger partial charge in [0.15, 0.2) is 0 Å². The van der Waals surface area contributed by atoms with E-state index in [1.54, 1.807) is 0 Å². The second-order valence-corrected chi connectivity index (χ2v) is 2.69. The summed E-state index contributed by atoms with van der Waals surface area (Å²) in [6, 6.07) is 0. The Morgan fingerprint density at radius 2 is 1.20 bits per heavy atom. The molecule has 0 unspecified atom stereocenters. The first-order valence-electron chi connectivity index (χ1n) is 3.49. The first kappa shape index (κ1) is 10.1. The zero-order valence-corrected chi connectivity index (χ0v) is 7.51. The Labute approximate surface area is 72.9 Å². The quantitative estimate of drug-likeness (QED) is 0.353. The second kappa shape index (κ2) is 9.14. The van der Waals surface area contributed by atoms with E-state index >= 15 is 0 Å². The highest BCUT2D eigenvalue weighted by Crippen LogP contribution is 1.91. The van der Waals surface area contributed by atoms with Crippen molar-refractivity contribution in [2.24, 2.45) is 0 Å². The molecule has 0 aromatic carbocycles. The van der Waals surface area contributed by atoms with E-state index in [1.165, 1.54) is 0 Å². The van der Waals surface area contributed by atoms with E-state index in [0.29, 0.717) is 11.8 Å². The molecule has 58 valence electrons. The van der Waals surface area contributed by atoms with E-state index in [0.717, 1.165) is 25.7 Å². The zero-order valence-electron chi connectivity index (χ0n) is 6.00. The lowest BCUT2D eigenvalue weighted by molar-refractivity contribution is 0.969. The van der Waals surface area contributed by atoms with Gasteiger partial charge in [-0.2, -0.15) is 0 Å². The molecule has 0 saturated carbocycles. The molecule has 0 aliphatic rings. The van der Waals surface area contributed by atoms with Gasteiger partial charge in [0.1, 0.15) is 0 Å². The summed E-state index contributed by atoms with van der Waals surface area (Å²) in [4.78, 5) is 0. The van der Waals surface area contributed by atoms with E-state index < -0.39 is 0 Å². The third kappa shape index (κ3) is 8.14. The number of hydrogen-bond acceptors (Lipinski definition) is 0. The number of alkyl halides is 2. The van der Waals surface area contributed by atoms with Crippen LogP contribution in [0.1, 0.15) is 25.7 Å². The van der Waals surface area contributed by atoms with Crippen LogP contribution in [0, 0.1) is 11.8 Å². The van der Waals surface area contributed by atoms with Crippen LogP contribution in [-0.2, 0) is 0 Å². The molecule has 0 aromatic rings. The highest BCUT2D eigenvalue weighted by atomic mass is 35.5. The summed E-state index contributed by atoms with van der Waals surface area (Å²) in [5.41, 5.74) is 0. The van der Waals surface area contributed by atoms with Crippen molar-refractivity contribution < 1.29 is 0 Å². The lowest BCUT2D eigenvalue weighted by Gasteiger charge is -1.83. The fourth-order valence-electron chi connectivity index (χ4n) is 0.487. The third-order valence-electron chi connectivity index (χ3n) is 0.996. The molecule has 0 fully saturated rings. The van der Waals surface area contributed by atoms with Crippen molar-refractivity contribution in [3.05, 3.63) is 0 Å². The van der Waals surface area contributed by atoms with Gasteiger partial charge in [0.25, 0.3) is 0 Å². The van der Waals surface area contributed by atoms with Crippen LogP contribution >= 0.6 is 23.2 Å². The molecular formula is C8H12Cl2. The first-order chi connectivity index (χ1) is 4.91. The van der Waals surface area contributed by atoms with Gasteiger partial charge in [0.05, 0.1) is 0 Å². The van der Waals surface area contributed by atoms with Gasteiger partial charge in [0.2, 0.25) is 0 Å². The maximum absolute atomic E-state index is 5.45.